The molecule has 1 heterocycles. The average molecular weight is 343 g/mol. The highest BCUT2D eigenvalue weighted by atomic mass is 16.6. The Kier molecular flexibility index (Phi) is 5.28. The number of rotatable bonds is 6. The molecule has 2 aromatic rings. The SMILES string of the molecule is COc1ccc(OC(C)C(=O)NCC2COc3ccccc3O2)cc1. The average Bonchev–Trinajstić information content (AvgIpc) is 2.66. The van der Waals surface area contributed by atoms with Crippen molar-refractivity contribution in [1.82, 2.24) is 5.32 Å². The fourth-order valence-electron chi connectivity index (χ4n) is 2.43. The van der Waals surface area contributed by atoms with Crippen LogP contribution in [0.5, 0.6) is 23.0 Å². The first kappa shape index (κ1) is 17.0. The minimum absolute atomic E-state index is 0.210. The van der Waals surface area contributed by atoms with E-state index in [-0.39, 0.29) is 12.0 Å². The largest absolute Gasteiger partial charge is 0.497 e. The van der Waals surface area contributed by atoms with Crippen molar-refractivity contribution >= 4 is 5.91 Å². The number of ether oxygens (including phenoxy) is 4. The molecule has 0 saturated carbocycles. The van der Waals surface area contributed by atoms with Crippen molar-refractivity contribution in [2.24, 2.45) is 0 Å². The smallest absolute Gasteiger partial charge is 0.260 e. The van der Waals surface area contributed by atoms with Crippen LogP contribution in [0.3, 0.4) is 0 Å². The molecule has 6 nitrogen and oxygen atoms in total. The van der Waals surface area contributed by atoms with Crippen molar-refractivity contribution in [1.29, 1.82) is 0 Å². The second-order valence-corrected chi connectivity index (χ2v) is 5.68. The first-order valence-electron chi connectivity index (χ1n) is 8.12. The summed E-state index contributed by atoms with van der Waals surface area (Å²) in [6, 6.07) is 14.6. The van der Waals surface area contributed by atoms with Crippen LogP contribution in [-0.2, 0) is 4.79 Å². The summed E-state index contributed by atoms with van der Waals surface area (Å²) >= 11 is 0. The van der Waals surface area contributed by atoms with E-state index in [0.717, 1.165) is 11.5 Å². The van der Waals surface area contributed by atoms with Crippen LogP contribution in [0.2, 0.25) is 0 Å². The van der Waals surface area contributed by atoms with Crippen LogP contribution < -0.4 is 24.3 Å². The lowest BCUT2D eigenvalue weighted by atomic mass is 10.2. The molecule has 25 heavy (non-hydrogen) atoms. The molecule has 2 atom stereocenters. The van der Waals surface area contributed by atoms with Gasteiger partial charge in [-0.05, 0) is 43.3 Å². The van der Waals surface area contributed by atoms with Gasteiger partial charge in [-0.25, -0.2) is 0 Å². The van der Waals surface area contributed by atoms with E-state index in [1.165, 1.54) is 0 Å². The summed E-state index contributed by atoms with van der Waals surface area (Å²) in [6.07, 6.45) is -0.850. The van der Waals surface area contributed by atoms with Crippen molar-refractivity contribution < 1.29 is 23.7 Å². The van der Waals surface area contributed by atoms with Crippen LogP contribution >= 0.6 is 0 Å². The van der Waals surface area contributed by atoms with E-state index in [4.69, 9.17) is 18.9 Å². The molecule has 0 aliphatic carbocycles. The molecule has 0 aromatic heterocycles. The summed E-state index contributed by atoms with van der Waals surface area (Å²) in [7, 11) is 1.60. The molecule has 2 unspecified atom stereocenters. The van der Waals surface area contributed by atoms with Gasteiger partial charge in [-0.15, -0.1) is 0 Å². The zero-order valence-electron chi connectivity index (χ0n) is 14.2. The maximum Gasteiger partial charge on any atom is 0.260 e. The molecule has 3 rings (SSSR count). The summed E-state index contributed by atoms with van der Waals surface area (Å²) in [5, 5.41) is 2.83. The Hall–Kier alpha value is -2.89. The van der Waals surface area contributed by atoms with Gasteiger partial charge < -0.3 is 24.3 Å². The van der Waals surface area contributed by atoms with Crippen molar-refractivity contribution in [3.05, 3.63) is 48.5 Å². The molecule has 6 heteroatoms. The topological polar surface area (TPSA) is 66.0 Å². The Morgan fingerprint density at radius 2 is 1.84 bits per heavy atom. The van der Waals surface area contributed by atoms with Gasteiger partial charge in [0.2, 0.25) is 0 Å². The minimum atomic E-state index is -0.620. The summed E-state index contributed by atoms with van der Waals surface area (Å²) in [5.74, 6) is 2.55. The normalized spacial score (nSPS) is 16.6. The van der Waals surface area contributed by atoms with Gasteiger partial charge in [-0.1, -0.05) is 12.1 Å². The Labute approximate surface area is 146 Å². The van der Waals surface area contributed by atoms with E-state index < -0.39 is 6.10 Å². The van der Waals surface area contributed by atoms with Gasteiger partial charge in [0.1, 0.15) is 24.2 Å². The molecule has 1 N–H and O–H groups in total. The lowest BCUT2D eigenvalue weighted by molar-refractivity contribution is -0.127. The predicted octanol–water partition coefficient (Wildman–Crippen LogP) is 2.42. The number of fused-ring (bicyclic) bond motifs is 1. The monoisotopic (exact) mass is 343 g/mol. The maximum absolute atomic E-state index is 12.2. The van der Waals surface area contributed by atoms with Gasteiger partial charge in [0.25, 0.3) is 5.91 Å². The van der Waals surface area contributed by atoms with Gasteiger partial charge >= 0.3 is 0 Å². The molecular formula is C19H21NO5. The second-order valence-electron chi connectivity index (χ2n) is 5.68. The van der Waals surface area contributed by atoms with Crippen molar-refractivity contribution in [2.45, 2.75) is 19.1 Å². The van der Waals surface area contributed by atoms with E-state index in [2.05, 4.69) is 5.32 Å². The van der Waals surface area contributed by atoms with E-state index in [9.17, 15) is 4.79 Å². The molecule has 132 valence electrons. The van der Waals surface area contributed by atoms with E-state index in [1.807, 2.05) is 24.3 Å². The van der Waals surface area contributed by atoms with E-state index >= 15 is 0 Å². The van der Waals surface area contributed by atoms with Gasteiger partial charge in [0.15, 0.2) is 17.6 Å². The number of hydrogen-bond acceptors (Lipinski definition) is 5. The van der Waals surface area contributed by atoms with Crippen molar-refractivity contribution in [2.75, 3.05) is 20.3 Å². The van der Waals surface area contributed by atoms with Crippen LogP contribution in [0.15, 0.2) is 48.5 Å². The number of hydrogen-bond donors (Lipinski definition) is 1. The molecule has 0 saturated heterocycles. The standard InChI is InChI=1S/C19H21NO5/c1-13(24-15-9-7-14(22-2)8-10-15)19(21)20-11-16-12-23-17-5-3-4-6-18(17)25-16/h3-10,13,16H,11-12H2,1-2H3,(H,20,21). The quantitative estimate of drug-likeness (QED) is 0.873. The third kappa shape index (κ3) is 4.35. The molecule has 0 fully saturated rings. The zero-order valence-corrected chi connectivity index (χ0v) is 14.2. The number of benzene rings is 2. The highest BCUT2D eigenvalue weighted by molar-refractivity contribution is 5.80. The van der Waals surface area contributed by atoms with Crippen molar-refractivity contribution in [3.8, 4) is 23.0 Å². The van der Waals surface area contributed by atoms with E-state index in [0.29, 0.717) is 24.7 Å². The van der Waals surface area contributed by atoms with E-state index in [1.54, 1.807) is 38.3 Å². The van der Waals surface area contributed by atoms with Gasteiger partial charge in [-0.3, -0.25) is 4.79 Å². The lowest BCUT2D eigenvalue weighted by Gasteiger charge is -2.27. The second kappa shape index (κ2) is 7.79. The lowest BCUT2D eigenvalue weighted by Crippen LogP contribution is -2.44. The van der Waals surface area contributed by atoms with Gasteiger partial charge in [-0.2, -0.15) is 0 Å². The van der Waals surface area contributed by atoms with Crippen LogP contribution in [0.25, 0.3) is 0 Å². The third-order valence-electron chi connectivity index (χ3n) is 3.81. The maximum atomic E-state index is 12.2. The molecule has 1 amide bonds. The highest BCUT2D eigenvalue weighted by Gasteiger charge is 2.22. The Morgan fingerprint density at radius 3 is 2.56 bits per heavy atom. The first-order valence-corrected chi connectivity index (χ1v) is 8.12. The summed E-state index contributed by atoms with van der Waals surface area (Å²) in [4.78, 5) is 12.2. The molecule has 1 aliphatic rings. The Balaban J connectivity index is 1.47. The Morgan fingerprint density at radius 1 is 1.16 bits per heavy atom. The number of amides is 1. The van der Waals surface area contributed by atoms with Gasteiger partial charge in [0, 0.05) is 0 Å². The predicted molar refractivity (Wildman–Crippen MR) is 92.4 cm³/mol. The van der Waals surface area contributed by atoms with Crippen LogP contribution in [0.4, 0.5) is 0 Å². The number of carbonyl (C=O) groups is 1. The van der Waals surface area contributed by atoms with Crippen LogP contribution in [0.1, 0.15) is 6.92 Å². The summed E-state index contributed by atoms with van der Waals surface area (Å²) in [6.45, 7) is 2.45. The molecular weight excluding hydrogens is 322 g/mol. The number of methoxy groups -OCH3 is 1. The fraction of sp³-hybridized carbons (Fsp3) is 0.316. The number of carbonyl (C=O) groups excluding carboxylic acids is 1. The fourth-order valence-corrected chi connectivity index (χ4v) is 2.43. The molecule has 2 aromatic carbocycles. The zero-order chi connectivity index (χ0) is 17.6. The molecule has 1 aliphatic heterocycles. The number of para-hydroxylation sites is 2. The molecule has 0 radical (unpaired) electrons. The Bertz CT molecular complexity index is 716. The molecule has 0 bridgehead atoms. The van der Waals surface area contributed by atoms with Gasteiger partial charge in [0.05, 0.1) is 13.7 Å². The van der Waals surface area contributed by atoms with Crippen molar-refractivity contribution in [3.63, 3.8) is 0 Å². The highest BCUT2D eigenvalue weighted by Crippen LogP contribution is 2.30. The number of nitrogens with one attached hydrogen (secondary N) is 1. The first-order chi connectivity index (χ1) is 12.2. The van der Waals surface area contributed by atoms with Crippen LogP contribution in [-0.4, -0.2) is 38.4 Å². The summed E-state index contributed by atoms with van der Waals surface area (Å²) in [5.41, 5.74) is 0. The molecule has 0 spiro atoms. The van der Waals surface area contributed by atoms with Crippen LogP contribution in [0, 0.1) is 0 Å². The minimum Gasteiger partial charge on any atom is -0.497 e. The summed E-state index contributed by atoms with van der Waals surface area (Å²) < 4.78 is 22.2. The third-order valence-corrected chi connectivity index (χ3v) is 3.81.